The molecule has 2 saturated heterocycles. The SMILES string of the molecule is CS(=O)(=O)N1CCC(Nc2ncc(C(F)(F)F)c(-c3cn(-c4cccc(CN5CC[C@H](C#N)C5)c4C(F)(F)F)cn3)n2)CC1. The van der Waals surface area contributed by atoms with Crippen molar-refractivity contribution in [3.05, 3.63) is 53.6 Å². The zero-order valence-corrected chi connectivity index (χ0v) is 24.2. The van der Waals surface area contributed by atoms with Gasteiger partial charge in [0.1, 0.15) is 17.0 Å². The zero-order valence-electron chi connectivity index (χ0n) is 23.4. The average molecular weight is 643 g/mol. The summed E-state index contributed by atoms with van der Waals surface area (Å²) in [7, 11) is -3.38. The molecule has 17 heteroatoms. The lowest BCUT2D eigenvalue weighted by Gasteiger charge is -2.30. The normalized spacial score (nSPS) is 19.3. The highest BCUT2D eigenvalue weighted by Crippen LogP contribution is 2.39. The molecular formula is C27H28F6N8O2S. The van der Waals surface area contributed by atoms with Gasteiger partial charge in [0.25, 0.3) is 0 Å². The summed E-state index contributed by atoms with van der Waals surface area (Å²) in [6, 6.07) is 5.80. The third-order valence-corrected chi connectivity index (χ3v) is 9.02. The summed E-state index contributed by atoms with van der Waals surface area (Å²) >= 11 is 0. The van der Waals surface area contributed by atoms with Crippen LogP contribution in [0.15, 0.2) is 36.9 Å². The second kappa shape index (κ2) is 12.0. The molecule has 0 unspecified atom stereocenters. The van der Waals surface area contributed by atoms with Crippen LogP contribution in [0.2, 0.25) is 0 Å². The first-order valence-corrected chi connectivity index (χ1v) is 15.5. The van der Waals surface area contributed by atoms with Crippen molar-refractivity contribution >= 4 is 16.0 Å². The summed E-state index contributed by atoms with van der Waals surface area (Å²) in [6.07, 6.45) is -4.64. The Balaban J connectivity index is 1.46. The Labute approximate surface area is 249 Å². The van der Waals surface area contributed by atoms with Gasteiger partial charge in [0.05, 0.1) is 35.8 Å². The molecule has 236 valence electrons. The Morgan fingerprint density at radius 2 is 1.77 bits per heavy atom. The van der Waals surface area contributed by atoms with Crippen molar-refractivity contribution in [1.29, 1.82) is 5.26 Å². The number of anilines is 1. The highest BCUT2D eigenvalue weighted by Gasteiger charge is 2.39. The summed E-state index contributed by atoms with van der Waals surface area (Å²) in [5.74, 6) is -0.418. The van der Waals surface area contributed by atoms with Gasteiger partial charge in [-0.25, -0.2) is 27.7 Å². The Hall–Kier alpha value is -3.75. The minimum atomic E-state index is -4.88. The zero-order chi connectivity index (χ0) is 31.9. The molecule has 2 aliphatic heterocycles. The van der Waals surface area contributed by atoms with Crippen LogP contribution >= 0.6 is 0 Å². The van der Waals surface area contributed by atoms with Crippen molar-refractivity contribution in [1.82, 2.24) is 28.7 Å². The van der Waals surface area contributed by atoms with Crippen LogP contribution in [0.25, 0.3) is 17.1 Å². The van der Waals surface area contributed by atoms with Crippen LogP contribution in [0.4, 0.5) is 32.3 Å². The number of piperidine rings is 1. The minimum Gasteiger partial charge on any atom is -0.351 e. The number of hydrogen-bond donors (Lipinski definition) is 1. The van der Waals surface area contributed by atoms with Gasteiger partial charge in [0.15, 0.2) is 0 Å². The quantitative estimate of drug-likeness (QED) is 0.373. The standard InChI is InChI=1S/C27H28F6N8O2S/c1-44(42,43)41-9-6-19(7-10-41)37-25-35-12-20(26(28,29)30)24(38-25)21-15-40(16-36-21)22-4-2-3-18(23(22)27(31,32)33)14-39-8-5-17(11-34)13-39/h2-4,12,15-17,19H,5-10,13-14H2,1H3,(H,35,37,38)/t17-/m1/s1. The van der Waals surface area contributed by atoms with Crippen molar-refractivity contribution in [2.75, 3.05) is 37.8 Å². The number of sulfonamides is 1. The number of imidazole rings is 1. The molecule has 0 spiro atoms. The number of nitrogens with zero attached hydrogens (tertiary/aromatic N) is 7. The molecule has 0 amide bonds. The number of alkyl halides is 6. The molecule has 44 heavy (non-hydrogen) atoms. The molecule has 10 nitrogen and oxygen atoms in total. The number of benzene rings is 1. The molecule has 0 radical (unpaired) electrons. The fourth-order valence-corrected chi connectivity index (χ4v) is 6.40. The largest absolute Gasteiger partial charge is 0.420 e. The van der Waals surface area contributed by atoms with Crippen LogP contribution in [0.5, 0.6) is 0 Å². The predicted molar refractivity (Wildman–Crippen MR) is 147 cm³/mol. The first kappa shape index (κ1) is 31.7. The molecule has 2 aromatic heterocycles. The van der Waals surface area contributed by atoms with E-state index < -0.39 is 39.2 Å². The number of halogens is 6. The number of rotatable bonds is 7. The molecule has 0 bridgehead atoms. The molecule has 5 rings (SSSR count). The van der Waals surface area contributed by atoms with Crippen molar-refractivity contribution in [3.63, 3.8) is 0 Å². The lowest BCUT2D eigenvalue weighted by Crippen LogP contribution is -2.42. The maximum absolute atomic E-state index is 14.4. The van der Waals surface area contributed by atoms with Crippen molar-refractivity contribution in [2.45, 2.75) is 44.2 Å². The number of likely N-dealkylation sites (tertiary alicyclic amines) is 1. The fraction of sp³-hybridized carbons (Fsp3) is 0.481. The summed E-state index contributed by atoms with van der Waals surface area (Å²) in [5, 5.41) is 12.1. The summed E-state index contributed by atoms with van der Waals surface area (Å²) in [4.78, 5) is 13.6. The maximum Gasteiger partial charge on any atom is 0.420 e. The van der Waals surface area contributed by atoms with Gasteiger partial charge in [0.2, 0.25) is 16.0 Å². The Bertz CT molecular complexity index is 1660. The van der Waals surface area contributed by atoms with Gasteiger partial charge < -0.3 is 9.88 Å². The molecule has 1 N–H and O–H groups in total. The van der Waals surface area contributed by atoms with Crippen LogP contribution in [-0.4, -0.2) is 75.6 Å². The van der Waals surface area contributed by atoms with E-state index in [0.29, 0.717) is 38.5 Å². The Morgan fingerprint density at radius 3 is 2.39 bits per heavy atom. The number of hydrogen-bond acceptors (Lipinski definition) is 8. The lowest BCUT2D eigenvalue weighted by molar-refractivity contribution is -0.138. The second-order valence-electron chi connectivity index (χ2n) is 10.9. The second-order valence-corrected chi connectivity index (χ2v) is 12.8. The van der Waals surface area contributed by atoms with Gasteiger partial charge >= 0.3 is 12.4 Å². The van der Waals surface area contributed by atoms with E-state index in [1.807, 2.05) is 0 Å². The van der Waals surface area contributed by atoms with Gasteiger partial charge in [-0.1, -0.05) is 12.1 Å². The average Bonchev–Trinajstić information content (AvgIpc) is 3.62. The first-order chi connectivity index (χ1) is 20.6. The minimum absolute atomic E-state index is 0.0322. The molecule has 4 heterocycles. The third-order valence-electron chi connectivity index (χ3n) is 7.71. The van der Waals surface area contributed by atoms with Gasteiger partial charge in [-0.2, -0.15) is 31.6 Å². The van der Waals surface area contributed by atoms with Gasteiger partial charge in [0, 0.05) is 44.6 Å². The van der Waals surface area contributed by atoms with E-state index in [9.17, 15) is 34.8 Å². The van der Waals surface area contributed by atoms with Crippen LogP contribution in [0.1, 0.15) is 36.0 Å². The third kappa shape index (κ3) is 6.97. The topological polar surface area (TPSA) is 120 Å². The van der Waals surface area contributed by atoms with E-state index in [-0.39, 0.29) is 54.5 Å². The van der Waals surface area contributed by atoms with Crippen molar-refractivity contribution in [2.24, 2.45) is 5.92 Å². The number of nitriles is 1. The van der Waals surface area contributed by atoms with Crippen LogP contribution in [0.3, 0.4) is 0 Å². The Kier molecular flexibility index (Phi) is 8.62. The van der Waals surface area contributed by atoms with E-state index >= 15 is 0 Å². The van der Waals surface area contributed by atoms with E-state index in [1.54, 1.807) is 4.90 Å². The highest BCUT2D eigenvalue weighted by atomic mass is 32.2. The van der Waals surface area contributed by atoms with E-state index in [2.05, 4.69) is 26.3 Å². The fourth-order valence-electron chi connectivity index (χ4n) is 5.53. The van der Waals surface area contributed by atoms with E-state index in [1.165, 1.54) is 22.5 Å². The molecule has 2 aliphatic rings. The van der Waals surface area contributed by atoms with Crippen molar-refractivity contribution in [3.8, 4) is 23.1 Å². The molecular weight excluding hydrogens is 614 g/mol. The molecule has 0 aliphatic carbocycles. The van der Waals surface area contributed by atoms with E-state index in [4.69, 9.17) is 5.26 Å². The van der Waals surface area contributed by atoms with Crippen molar-refractivity contribution < 1.29 is 34.8 Å². The van der Waals surface area contributed by atoms with Crippen LogP contribution in [-0.2, 0) is 28.9 Å². The van der Waals surface area contributed by atoms with Gasteiger partial charge in [-0.3, -0.25) is 4.90 Å². The van der Waals surface area contributed by atoms with Gasteiger partial charge in [-0.15, -0.1) is 0 Å². The van der Waals surface area contributed by atoms with Crippen LogP contribution in [0, 0.1) is 17.2 Å². The first-order valence-electron chi connectivity index (χ1n) is 13.6. The monoisotopic (exact) mass is 642 g/mol. The lowest BCUT2D eigenvalue weighted by atomic mass is 10.0. The smallest absolute Gasteiger partial charge is 0.351 e. The highest BCUT2D eigenvalue weighted by molar-refractivity contribution is 7.88. The predicted octanol–water partition coefficient (Wildman–Crippen LogP) is 4.55. The molecule has 1 aromatic carbocycles. The molecule has 3 aromatic rings. The maximum atomic E-state index is 14.4. The molecule has 0 saturated carbocycles. The number of nitrogens with one attached hydrogen (secondary N) is 1. The Morgan fingerprint density at radius 1 is 1.05 bits per heavy atom. The summed E-state index contributed by atoms with van der Waals surface area (Å²) in [6.45, 7) is 1.19. The summed E-state index contributed by atoms with van der Waals surface area (Å²) in [5.41, 5.74) is -3.45. The molecule has 2 fully saturated rings. The van der Waals surface area contributed by atoms with Gasteiger partial charge in [-0.05, 0) is 37.4 Å². The molecule has 1 atom stereocenters. The van der Waals surface area contributed by atoms with E-state index in [0.717, 1.165) is 23.3 Å². The number of aromatic nitrogens is 4. The van der Waals surface area contributed by atoms with Crippen LogP contribution < -0.4 is 5.32 Å². The summed E-state index contributed by atoms with van der Waals surface area (Å²) < 4.78 is 111.